The molecule has 0 saturated carbocycles. The molecule has 0 aliphatic carbocycles. The molecule has 6 heterocycles. The molecule has 0 bridgehead atoms. The molecule has 0 amide bonds. The molecule has 552 valence electrons. The molecule has 0 fully saturated rings. The van der Waals surface area contributed by atoms with E-state index in [1.165, 1.54) is 120 Å². The summed E-state index contributed by atoms with van der Waals surface area (Å²) in [5, 5.41) is 0. The van der Waals surface area contributed by atoms with Crippen LogP contribution in [0.25, 0.3) is 67.5 Å². The molecule has 0 radical (unpaired) electrons. The van der Waals surface area contributed by atoms with Gasteiger partial charge in [-0.25, -0.2) is 27.4 Å². The van der Waals surface area contributed by atoms with Crippen molar-refractivity contribution < 1.29 is 43.9 Å². The van der Waals surface area contributed by atoms with E-state index in [9.17, 15) is 0 Å². The number of hydrogen-bond acceptors (Lipinski definition) is 0. The molecule has 0 aliphatic heterocycles. The SMILES string of the molecule is Cc1ccc(C)c(-c2cccc[n+]2C)c1.Cc1ccccc1-c1cc(C(C)C)c(C)c[n+]1C.Cc1ccccc1-c1cc(C)c(C(C)C)c[n+]1C.Cc1ccccc1-c1cc(C)c(C(C)C)c[n+]1C.[2H]C([2H])([2H])C([2H])(C([2H])([2H])[2H])C([2H])(C)c1ccc(-c2cccc[n+]2C)c(C)c1.[2H]C([2H])([2H])C([2H])(C)c1c[n+](C)c(-c2ccccc2C)cc1C. The third-order valence-corrected chi connectivity index (χ3v) is 20.1. The average Bonchev–Trinajstić information content (AvgIpc) is 0.716. The summed E-state index contributed by atoms with van der Waals surface area (Å²) in [5.74, 6) is -5.07. The number of hydrogen-bond donors (Lipinski definition) is 0. The number of rotatable bonds is 12. The van der Waals surface area contributed by atoms with Crippen molar-refractivity contribution in [1.29, 1.82) is 0 Å². The average molecular weight is 1430 g/mol. The van der Waals surface area contributed by atoms with Crippen molar-refractivity contribution in [3.63, 3.8) is 0 Å². The van der Waals surface area contributed by atoms with E-state index in [-0.39, 0.29) is 5.56 Å². The van der Waals surface area contributed by atoms with Gasteiger partial charge < -0.3 is 0 Å². The second-order valence-electron chi connectivity index (χ2n) is 29.7. The van der Waals surface area contributed by atoms with Gasteiger partial charge in [0.1, 0.15) is 42.3 Å². The van der Waals surface area contributed by atoms with Crippen molar-refractivity contribution in [1.82, 2.24) is 0 Å². The summed E-state index contributed by atoms with van der Waals surface area (Å²) in [7, 11) is 12.3. The van der Waals surface area contributed by atoms with Crippen molar-refractivity contribution >= 4 is 0 Å². The number of pyridine rings is 6. The Labute approximate surface area is 658 Å². The zero-order valence-electron chi connectivity index (χ0n) is 80.4. The number of nitrogens with zero attached hydrogens (tertiary/aromatic N) is 6. The smallest absolute Gasteiger partial charge is 0.201 e. The maximum atomic E-state index is 8.63. The topological polar surface area (TPSA) is 23.3 Å². The highest BCUT2D eigenvalue weighted by Gasteiger charge is 2.22. The molecule has 12 rings (SSSR count). The standard InChI is InChI=1S/C18H24N.4C17H22N.C14H16N/c1-13(2)15(4)16-9-10-17(14(3)12-16)18-8-6-7-11-19(18)5;1-12(2)16-10-17(18(5)11-14(16)4)15-9-7-6-8-13(15)3;3*1-12(2)16-11-18(5)17(10-14(16)4)15-9-7-6-8-13(15)3;1-11-7-8-12(2)13(10-11)14-6-4-5-9-15(14)3/h6-13,15H,1-5H3;4*6-12H,1-5H3;4-10H,1-3H3/q6*+1/i1D3,2D3,13D,15D;;1D3,12D;;;. The highest BCUT2D eigenvalue weighted by molar-refractivity contribution is 5.66. The number of aromatic nitrogens is 6. The minimum Gasteiger partial charge on any atom is -0.201 e. The van der Waals surface area contributed by atoms with E-state index in [1.807, 2.05) is 85.7 Å². The third-order valence-electron chi connectivity index (χ3n) is 20.1. The molecule has 2 unspecified atom stereocenters. The van der Waals surface area contributed by atoms with E-state index in [1.54, 1.807) is 24.4 Å². The number of benzene rings is 6. The van der Waals surface area contributed by atoms with Gasteiger partial charge in [-0.15, -0.1) is 0 Å². The lowest BCUT2D eigenvalue weighted by Gasteiger charge is -2.17. The molecule has 0 spiro atoms. The summed E-state index contributed by atoms with van der Waals surface area (Å²) < 4.78 is 107. The van der Waals surface area contributed by atoms with Crippen LogP contribution in [0.2, 0.25) is 0 Å². The van der Waals surface area contributed by atoms with Crippen molar-refractivity contribution in [2.24, 2.45) is 48.2 Å². The van der Waals surface area contributed by atoms with Gasteiger partial charge >= 0.3 is 0 Å². The summed E-state index contributed by atoms with van der Waals surface area (Å²) in [6.45, 7) is 30.6. The van der Waals surface area contributed by atoms with Gasteiger partial charge in [0.25, 0.3) is 0 Å². The minimum atomic E-state index is -3.16. The Morgan fingerprint density at radius 3 is 0.991 bits per heavy atom. The van der Waals surface area contributed by atoms with Crippen LogP contribution < -0.4 is 27.4 Å². The summed E-state index contributed by atoms with van der Waals surface area (Å²) in [4.78, 5) is 0. The molecular weight excluding hydrogens is 1290 g/mol. The van der Waals surface area contributed by atoms with Crippen LogP contribution >= 0.6 is 0 Å². The van der Waals surface area contributed by atoms with E-state index in [4.69, 9.17) is 16.4 Å². The van der Waals surface area contributed by atoms with Gasteiger partial charge in [-0.1, -0.05) is 179 Å². The summed E-state index contributed by atoms with van der Waals surface area (Å²) in [6.07, 6.45) is 12.5. The van der Waals surface area contributed by atoms with E-state index in [0.717, 1.165) is 39.2 Å². The van der Waals surface area contributed by atoms with Gasteiger partial charge in [-0.3, -0.25) is 0 Å². The fraction of sp³-hybridized carbons (Fsp3) is 0.340. The van der Waals surface area contributed by atoms with Crippen LogP contribution in [0.15, 0.2) is 231 Å². The first kappa shape index (κ1) is 66.9. The van der Waals surface area contributed by atoms with Crippen molar-refractivity contribution in [3.8, 4) is 67.5 Å². The second kappa shape index (κ2) is 38.5. The van der Waals surface area contributed by atoms with Crippen LogP contribution in [0.1, 0.15) is 211 Å². The summed E-state index contributed by atoms with van der Waals surface area (Å²) >= 11 is 0. The molecule has 6 heteroatoms. The van der Waals surface area contributed by atoms with Crippen LogP contribution in [0.4, 0.5) is 0 Å². The first-order valence-corrected chi connectivity index (χ1v) is 37.2. The monoisotopic (exact) mass is 1430 g/mol. The molecule has 6 aromatic carbocycles. The largest absolute Gasteiger partial charge is 0.212 e. The lowest BCUT2D eigenvalue weighted by atomic mass is 9.88. The summed E-state index contributed by atoms with van der Waals surface area (Å²) in [5.41, 5.74) is 32.8. The van der Waals surface area contributed by atoms with Gasteiger partial charge in [0.15, 0.2) is 37.2 Å². The van der Waals surface area contributed by atoms with E-state index >= 15 is 0 Å². The first-order chi connectivity index (χ1) is 54.9. The van der Waals surface area contributed by atoms with Gasteiger partial charge in [-0.05, 0) is 221 Å². The molecule has 0 N–H and O–H groups in total. The molecule has 0 saturated heterocycles. The number of aryl methyl sites for hydroxylation is 17. The minimum absolute atomic E-state index is 0.185. The van der Waals surface area contributed by atoms with E-state index < -0.39 is 38.2 Å². The maximum absolute atomic E-state index is 8.63. The van der Waals surface area contributed by atoms with E-state index in [2.05, 4.69) is 309 Å². The second-order valence-corrected chi connectivity index (χ2v) is 29.7. The van der Waals surface area contributed by atoms with Crippen molar-refractivity contribution in [2.45, 2.75) is 182 Å². The fourth-order valence-corrected chi connectivity index (χ4v) is 13.8. The fourth-order valence-electron chi connectivity index (χ4n) is 13.8. The maximum Gasteiger partial charge on any atom is 0.212 e. The van der Waals surface area contributed by atoms with Gasteiger partial charge in [-0.2, -0.15) is 0 Å². The highest BCUT2D eigenvalue weighted by Crippen LogP contribution is 2.32. The first-order valence-electron chi connectivity index (χ1n) is 43.2. The van der Waals surface area contributed by atoms with Crippen LogP contribution in [-0.4, -0.2) is 0 Å². The van der Waals surface area contributed by atoms with Gasteiger partial charge in [0, 0.05) is 121 Å². The lowest BCUT2D eigenvalue weighted by Crippen LogP contribution is -2.32. The molecule has 106 heavy (non-hydrogen) atoms. The Morgan fingerprint density at radius 2 is 0.613 bits per heavy atom. The Morgan fingerprint density at radius 1 is 0.264 bits per heavy atom. The van der Waals surface area contributed by atoms with Gasteiger partial charge in [0.2, 0.25) is 34.2 Å². The Hall–Kier alpha value is -9.78. The third kappa shape index (κ3) is 21.7. The summed E-state index contributed by atoms with van der Waals surface area (Å²) in [6, 6.07) is 66.2. The van der Waals surface area contributed by atoms with Crippen LogP contribution in [0, 0.1) is 82.1 Å². The molecule has 2 atom stereocenters. The lowest BCUT2D eigenvalue weighted by molar-refractivity contribution is -0.661. The van der Waals surface area contributed by atoms with E-state index in [0.29, 0.717) is 23.3 Å². The molecule has 0 aliphatic rings. The normalized spacial score (nSPS) is 14.2. The van der Waals surface area contributed by atoms with Gasteiger partial charge in [0.05, 0.1) is 0 Å². The Bertz CT molecular complexity index is 5350. The zero-order valence-corrected chi connectivity index (χ0v) is 68.4. The van der Waals surface area contributed by atoms with Crippen LogP contribution in [0.5, 0.6) is 0 Å². The highest BCUT2D eigenvalue weighted by atomic mass is 14.9. The predicted octanol–water partition coefficient (Wildman–Crippen LogP) is 22.7. The van der Waals surface area contributed by atoms with Crippen molar-refractivity contribution in [2.75, 3.05) is 0 Å². The van der Waals surface area contributed by atoms with Crippen LogP contribution in [0.3, 0.4) is 0 Å². The Kier molecular flexibility index (Phi) is 24.3. The molecule has 6 aromatic heterocycles. The zero-order chi connectivity index (χ0) is 88.2. The van der Waals surface area contributed by atoms with Crippen molar-refractivity contribution in [3.05, 3.63) is 320 Å². The quantitative estimate of drug-likeness (QED) is 0.109. The van der Waals surface area contributed by atoms with Crippen LogP contribution in [-0.2, 0) is 42.3 Å². The predicted molar refractivity (Wildman–Crippen MR) is 450 cm³/mol. The molecular formula is C100H128N6+6. The molecule has 6 nitrogen and oxygen atoms in total. The molecule has 12 aromatic rings. The Balaban J connectivity index is 0.000000197.